The lowest BCUT2D eigenvalue weighted by molar-refractivity contribution is 0.0503. The second-order valence-corrected chi connectivity index (χ2v) is 7.76. The minimum atomic E-state index is -0.490. The fourth-order valence-corrected chi connectivity index (χ4v) is 2.71. The smallest absolute Gasteiger partial charge is 0.408 e. The molecule has 1 aromatic carbocycles. The lowest BCUT2D eigenvalue weighted by Crippen LogP contribution is -2.39. The number of benzene rings is 1. The highest BCUT2D eigenvalue weighted by molar-refractivity contribution is 7.99. The number of nitrogens with one attached hydrogen (secondary N) is 2. The standard InChI is InChI=1S/C18H30N2O2S/c1-5-23-13-9-12-19-14-16(15-10-7-6-8-11-15)20-17(21)22-18(2,3)4/h6-8,10-11,16,19H,5,9,12-14H2,1-4H3,(H,20,21). The summed E-state index contributed by atoms with van der Waals surface area (Å²) in [7, 11) is 0. The summed E-state index contributed by atoms with van der Waals surface area (Å²) in [5.41, 5.74) is 0.588. The van der Waals surface area contributed by atoms with Gasteiger partial charge in [0, 0.05) is 6.54 Å². The Morgan fingerprint density at radius 2 is 1.96 bits per heavy atom. The Bertz CT molecular complexity index is 446. The van der Waals surface area contributed by atoms with Gasteiger partial charge >= 0.3 is 6.09 Å². The monoisotopic (exact) mass is 338 g/mol. The Labute approximate surface area is 144 Å². The van der Waals surface area contributed by atoms with Crippen molar-refractivity contribution in [2.45, 2.75) is 45.8 Å². The van der Waals surface area contributed by atoms with Crippen molar-refractivity contribution in [3.05, 3.63) is 35.9 Å². The maximum atomic E-state index is 12.1. The van der Waals surface area contributed by atoms with E-state index < -0.39 is 5.60 Å². The first-order valence-electron chi connectivity index (χ1n) is 8.25. The van der Waals surface area contributed by atoms with E-state index in [2.05, 4.69) is 17.6 Å². The van der Waals surface area contributed by atoms with Crippen LogP contribution in [-0.2, 0) is 4.74 Å². The van der Waals surface area contributed by atoms with E-state index in [1.807, 2.05) is 62.9 Å². The third-order valence-electron chi connectivity index (χ3n) is 3.09. The van der Waals surface area contributed by atoms with Crippen LogP contribution in [0, 0.1) is 0 Å². The van der Waals surface area contributed by atoms with E-state index in [0.29, 0.717) is 6.54 Å². The SMILES string of the molecule is CCSCCCNCC(NC(=O)OC(C)(C)C)c1ccccc1. The quantitative estimate of drug-likeness (QED) is 0.669. The topological polar surface area (TPSA) is 50.4 Å². The van der Waals surface area contributed by atoms with Crippen LogP contribution in [-0.4, -0.2) is 36.3 Å². The Hall–Kier alpha value is -1.20. The van der Waals surface area contributed by atoms with Crippen LogP contribution < -0.4 is 10.6 Å². The summed E-state index contributed by atoms with van der Waals surface area (Å²) >= 11 is 1.95. The van der Waals surface area contributed by atoms with E-state index in [1.165, 1.54) is 5.75 Å². The van der Waals surface area contributed by atoms with Crippen molar-refractivity contribution < 1.29 is 9.53 Å². The third kappa shape index (κ3) is 9.51. The van der Waals surface area contributed by atoms with Crippen molar-refractivity contribution in [3.63, 3.8) is 0 Å². The predicted octanol–water partition coefficient (Wildman–Crippen LogP) is 3.99. The Kier molecular flexibility index (Phi) is 9.10. The highest BCUT2D eigenvalue weighted by Gasteiger charge is 2.20. The zero-order valence-electron chi connectivity index (χ0n) is 14.7. The minimum absolute atomic E-state index is 0.0927. The second kappa shape index (κ2) is 10.6. The van der Waals surface area contributed by atoms with Gasteiger partial charge in [-0.05, 0) is 50.8 Å². The van der Waals surface area contributed by atoms with Crippen LogP contribution in [0.4, 0.5) is 4.79 Å². The summed E-state index contributed by atoms with van der Waals surface area (Å²) in [6, 6.07) is 9.90. The van der Waals surface area contributed by atoms with Gasteiger partial charge in [0.2, 0.25) is 0 Å². The molecule has 0 bridgehead atoms. The molecule has 4 nitrogen and oxygen atoms in total. The van der Waals surface area contributed by atoms with Crippen molar-refractivity contribution in [1.82, 2.24) is 10.6 Å². The average Bonchev–Trinajstić information content (AvgIpc) is 2.48. The molecule has 1 aromatic rings. The van der Waals surface area contributed by atoms with Crippen LogP contribution in [0.25, 0.3) is 0 Å². The van der Waals surface area contributed by atoms with Crippen LogP contribution >= 0.6 is 11.8 Å². The van der Waals surface area contributed by atoms with Crippen molar-refractivity contribution in [2.75, 3.05) is 24.6 Å². The van der Waals surface area contributed by atoms with Crippen LogP contribution in [0.5, 0.6) is 0 Å². The second-order valence-electron chi connectivity index (χ2n) is 6.36. The molecule has 1 unspecified atom stereocenters. The molecule has 2 N–H and O–H groups in total. The molecule has 0 saturated carbocycles. The Balaban J connectivity index is 2.52. The van der Waals surface area contributed by atoms with Gasteiger partial charge in [-0.3, -0.25) is 0 Å². The molecule has 1 atom stereocenters. The molecule has 0 fully saturated rings. The molecule has 0 radical (unpaired) electrons. The zero-order valence-corrected chi connectivity index (χ0v) is 15.5. The third-order valence-corrected chi connectivity index (χ3v) is 4.07. The van der Waals surface area contributed by atoms with Gasteiger partial charge in [0.15, 0.2) is 0 Å². The molecular formula is C18H30N2O2S. The number of alkyl carbamates (subject to hydrolysis) is 1. The molecule has 1 rings (SSSR count). The first-order chi connectivity index (χ1) is 10.9. The van der Waals surface area contributed by atoms with Gasteiger partial charge in [0.25, 0.3) is 0 Å². The van der Waals surface area contributed by atoms with Gasteiger partial charge in [0.1, 0.15) is 5.60 Å². The number of ether oxygens (including phenoxy) is 1. The molecule has 0 spiro atoms. The average molecular weight is 339 g/mol. The first kappa shape index (κ1) is 19.8. The molecule has 0 heterocycles. The molecule has 0 aliphatic carbocycles. The van der Waals surface area contributed by atoms with E-state index in [9.17, 15) is 4.79 Å². The van der Waals surface area contributed by atoms with Gasteiger partial charge in [-0.1, -0.05) is 37.3 Å². The van der Waals surface area contributed by atoms with Crippen molar-refractivity contribution >= 4 is 17.9 Å². The number of rotatable bonds is 9. The maximum Gasteiger partial charge on any atom is 0.408 e. The fraction of sp³-hybridized carbons (Fsp3) is 0.611. The van der Waals surface area contributed by atoms with Crippen LogP contribution in [0.15, 0.2) is 30.3 Å². The summed E-state index contributed by atoms with van der Waals surface area (Å²) in [4.78, 5) is 12.1. The number of carbonyl (C=O) groups excluding carboxylic acids is 1. The van der Waals surface area contributed by atoms with E-state index in [0.717, 1.165) is 24.3 Å². The fourth-order valence-electron chi connectivity index (χ4n) is 2.08. The lowest BCUT2D eigenvalue weighted by Gasteiger charge is -2.24. The summed E-state index contributed by atoms with van der Waals surface area (Å²) in [6.07, 6.45) is 0.751. The van der Waals surface area contributed by atoms with Gasteiger partial charge in [0.05, 0.1) is 6.04 Å². The summed E-state index contributed by atoms with van der Waals surface area (Å²) < 4.78 is 5.37. The molecular weight excluding hydrogens is 308 g/mol. The molecule has 0 aliphatic heterocycles. The molecule has 5 heteroatoms. The number of amides is 1. The zero-order chi connectivity index (χ0) is 17.1. The van der Waals surface area contributed by atoms with Gasteiger partial charge in [-0.25, -0.2) is 4.79 Å². The highest BCUT2D eigenvalue weighted by Crippen LogP contribution is 2.14. The molecule has 0 aliphatic rings. The lowest BCUT2D eigenvalue weighted by atomic mass is 10.1. The number of thioether (sulfide) groups is 1. The van der Waals surface area contributed by atoms with Crippen molar-refractivity contribution in [3.8, 4) is 0 Å². The van der Waals surface area contributed by atoms with Crippen molar-refractivity contribution in [1.29, 1.82) is 0 Å². The molecule has 130 valence electrons. The van der Waals surface area contributed by atoms with Gasteiger partial charge in [-0.2, -0.15) is 11.8 Å². The number of hydrogen-bond acceptors (Lipinski definition) is 4. The van der Waals surface area contributed by atoms with Gasteiger partial charge < -0.3 is 15.4 Å². The van der Waals surface area contributed by atoms with Gasteiger partial charge in [-0.15, -0.1) is 0 Å². The Morgan fingerprint density at radius 1 is 1.26 bits per heavy atom. The van der Waals surface area contributed by atoms with Crippen LogP contribution in [0.3, 0.4) is 0 Å². The number of hydrogen-bond donors (Lipinski definition) is 2. The first-order valence-corrected chi connectivity index (χ1v) is 9.40. The normalized spacial score (nSPS) is 12.7. The van der Waals surface area contributed by atoms with Crippen LogP contribution in [0.2, 0.25) is 0 Å². The minimum Gasteiger partial charge on any atom is -0.444 e. The van der Waals surface area contributed by atoms with E-state index in [1.54, 1.807) is 0 Å². The molecule has 23 heavy (non-hydrogen) atoms. The van der Waals surface area contributed by atoms with Crippen LogP contribution in [0.1, 0.15) is 45.7 Å². The summed E-state index contributed by atoms with van der Waals surface area (Å²) in [5.74, 6) is 2.33. The van der Waals surface area contributed by atoms with Crippen molar-refractivity contribution in [2.24, 2.45) is 0 Å². The summed E-state index contributed by atoms with van der Waals surface area (Å²) in [6.45, 7) is 9.43. The highest BCUT2D eigenvalue weighted by atomic mass is 32.2. The number of carbonyl (C=O) groups is 1. The van der Waals surface area contributed by atoms with E-state index in [4.69, 9.17) is 4.74 Å². The van der Waals surface area contributed by atoms with E-state index >= 15 is 0 Å². The Morgan fingerprint density at radius 3 is 2.57 bits per heavy atom. The predicted molar refractivity (Wildman–Crippen MR) is 99.0 cm³/mol. The van der Waals surface area contributed by atoms with E-state index in [-0.39, 0.29) is 12.1 Å². The summed E-state index contributed by atoms with van der Waals surface area (Å²) in [5, 5.41) is 6.39. The molecule has 0 saturated heterocycles. The molecule has 1 amide bonds. The molecule has 0 aromatic heterocycles. The largest absolute Gasteiger partial charge is 0.444 e. The maximum absolute atomic E-state index is 12.1.